The van der Waals surface area contributed by atoms with Crippen LogP contribution in [0.25, 0.3) is 10.9 Å². The zero-order valence-corrected chi connectivity index (χ0v) is 13.5. The number of aliphatic hydroxyl groups is 1. The quantitative estimate of drug-likeness (QED) is 0.813. The fourth-order valence-corrected chi connectivity index (χ4v) is 2.28. The molecule has 1 amide bonds. The summed E-state index contributed by atoms with van der Waals surface area (Å²) in [6, 6.07) is 9.58. The van der Waals surface area contributed by atoms with Crippen LogP contribution in [0.1, 0.15) is 33.4 Å². The molecule has 5 heteroatoms. The number of H-pyrrole nitrogens is 1. The van der Waals surface area contributed by atoms with Crippen LogP contribution in [0.5, 0.6) is 0 Å². The van der Waals surface area contributed by atoms with Gasteiger partial charge in [0.1, 0.15) is 5.60 Å². The van der Waals surface area contributed by atoms with E-state index in [4.69, 9.17) is 4.74 Å². The first kappa shape index (κ1) is 16.4. The van der Waals surface area contributed by atoms with Gasteiger partial charge in [-0.2, -0.15) is 0 Å². The van der Waals surface area contributed by atoms with E-state index >= 15 is 0 Å². The molecule has 5 nitrogen and oxygen atoms in total. The molecule has 3 N–H and O–H groups in total. The van der Waals surface area contributed by atoms with E-state index in [0.717, 1.165) is 16.6 Å². The van der Waals surface area contributed by atoms with Gasteiger partial charge in [-0.05, 0) is 45.2 Å². The van der Waals surface area contributed by atoms with Crippen LogP contribution in [-0.4, -0.2) is 33.9 Å². The van der Waals surface area contributed by atoms with Gasteiger partial charge in [0.15, 0.2) is 0 Å². The normalized spacial score (nSPS) is 14.6. The number of aromatic nitrogens is 1. The van der Waals surface area contributed by atoms with Gasteiger partial charge in [-0.25, -0.2) is 4.79 Å². The van der Waals surface area contributed by atoms with Crippen molar-refractivity contribution in [2.45, 2.75) is 51.9 Å². The zero-order valence-electron chi connectivity index (χ0n) is 13.5. The lowest BCUT2D eigenvalue weighted by Gasteiger charge is -2.25. The van der Waals surface area contributed by atoms with E-state index in [1.54, 1.807) is 6.92 Å². The largest absolute Gasteiger partial charge is 0.444 e. The van der Waals surface area contributed by atoms with Crippen molar-refractivity contribution in [3.05, 3.63) is 36.0 Å². The number of aliphatic hydroxyl groups excluding tert-OH is 1. The number of hydrogen-bond acceptors (Lipinski definition) is 3. The number of alkyl carbamates (subject to hydrolysis) is 1. The fourth-order valence-electron chi connectivity index (χ4n) is 2.28. The molecule has 0 unspecified atom stereocenters. The number of benzene rings is 1. The number of aromatic amines is 1. The molecular formula is C17H24N2O3. The Morgan fingerprint density at radius 2 is 2.05 bits per heavy atom. The molecule has 0 aliphatic rings. The Morgan fingerprint density at radius 3 is 2.64 bits per heavy atom. The maximum atomic E-state index is 11.9. The molecule has 1 aromatic heterocycles. The summed E-state index contributed by atoms with van der Waals surface area (Å²) < 4.78 is 5.24. The minimum absolute atomic E-state index is 0.414. The Morgan fingerprint density at radius 1 is 1.36 bits per heavy atom. The van der Waals surface area contributed by atoms with E-state index in [1.165, 1.54) is 0 Å². The Bertz CT molecular complexity index is 608. The number of fused-ring (bicyclic) bond motifs is 1. The lowest BCUT2D eigenvalue weighted by molar-refractivity contribution is 0.0437. The van der Waals surface area contributed by atoms with Crippen molar-refractivity contribution in [3.8, 4) is 0 Å². The summed E-state index contributed by atoms with van der Waals surface area (Å²) >= 11 is 0. The molecule has 0 bridgehead atoms. The number of amides is 1. The van der Waals surface area contributed by atoms with Crippen LogP contribution >= 0.6 is 0 Å². The number of nitrogens with one attached hydrogen (secondary N) is 2. The third-order valence-electron chi connectivity index (χ3n) is 3.31. The first-order valence-corrected chi connectivity index (χ1v) is 7.49. The third kappa shape index (κ3) is 4.49. The van der Waals surface area contributed by atoms with Gasteiger partial charge in [-0.15, -0.1) is 0 Å². The van der Waals surface area contributed by atoms with Crippen molar-refractivity contribution in [1.82, 2.24) is 10.3 Å². The average Bonchev–Trinajstić information content (AvgIpc) is 2.77. The van der Waals surface area contributed by atoms with Crippen LogP contribution in [0.3, 0.4) is 0 Å². The number of ether oxygens (including phenoxy) is 1. The highest BCUT2D eigenvalue weighted by molar-refractivity contribution is 5.80. The highest BCUT2D eigenvalue weighted by Gasteiger charge is 2.23. The van der Waals surface area contributed by atoms with Crippen LogP contribution in [0.15, 0.2) is 30.3 Å². The second-order valence-corrected chi connectivity index (χ2v) is 6.58. The zero-order chi connectivity index (χ0) is 16.3. The molecule has 1 aromatic carbocycles. The number of carbonyl (C=O) groups is 1. The molecule has 0 saturated heterocycles. The Balaban J connectivity index is 2.06. The first-order valence-electron chi connectivity index (χ1n) is 7.49. The minimum atomic E-state index is -0.682. The van der Waals surface area contributed by atoms with Crippen molar-refractivity contribution in [3.63, 3.8) is 0 Å². The van der Waals surface area contributed by atoms with E-state index < -0.39 is 23.8 Å². The SMILES string of the molecule is C[C@H](O)[C@@H](Cc1cc2ccccc2[nH]1)NC(=O)OC(C)(C)C. The fraction of sp³-hybridized carbons (Fsp3) is 0.471. The number of hydrogen-bond donors (Lipinski definition) is 3. The van der Waals surface area contributed by atoms with Crippen LogP contribution < -0.4 is 5.32 Å². The molecule has 120 valence electrons. The molecule has 2 aromatic rings. The van der Waals surface area contributed by atoms with Gasteiger partial charge < -0.3 is 20.1 Å². The van der Waals surface area contributed by atoms with Gasteiger partial charge in [0.2, 0.25) is 0 Å². The van der Waals surface area contributed by atoms with Crippen molar-refractivity contribution >= 4 is 17.0 Å². The summed E-state index contributed by atoms with van der Waals surface area (Å²) in [6.45, 7) is 7.08. The molecule has 1 heterocycles. The summed E-state index contributed by atoms with van der Waals surface area (Å²) in [4.78, 5) is 15.2. The van der Waals surface area contributed by atoms with Crippen molar-refractivity contribution in [2.75, 3.05) is 0 Å². The van der Waals surface area contributed by atoms with Crippen LogP contribution in [0.4, 0.5) is 4.79 Å². The predicted molar refractivity (Wildman–Crippen MR) is 86.8 cm³/mol. The van der Waals surface area contributed by atoms with E-state index in [2.05, 4.69) is 10.3 Å². The summed E-state index contributed by atoms with van der Waals surface area (Å²) in [6.07, 6.45) is -0.695. The Kier molecular flexibility index (Phi) is 4.76. The summed E-state index contributed by atoms with van der Waals surface area (Å²) in [7, 11) is 0. The van der Waals surface area contributed by atoms with Gasteiger partial charge in [-0.3, -0.25) is 0 Å². The van der Waals surface area contributed by atoms with Crippen molar-refractivity contribution < 1.29 is 14.6 Å². The Labute approximate surface area is 130 Å². The molecular weight excluding hydrogens is 280 g/mol. The summed E-state index contributed by atoms with van der Waals surface area (Å²) in [5.41, 5.74) is 1.44. The molecule has 0 aliphatic heterocycles. The van der Waals surface area contributed by atoms with E-state index in [-0.39, 0.29) is 0 Å². The topological polar surface area (TPSA) is 74.4 Å². The predicted octanol–water partition coefficient (Wildman–Crippen LogP) is 2.98. The maximum absolute atomic E-state index is 11.9. The molecule has 0 spiro atoms. The molecule has 2 atom stereocenters. The molecule has 2 rings (SSSR count). The van der Waals surface area contributed by atoms with Gasteiger partial charge in [0, 0.05) is 17.6 Å². The molecule has 0 saturated carbocycles. The standard InChI is InChI=1S/C17H24N2O3/c1-11(20)15(19-16(21)22-17(2,3)4)10-13-9-12-7-5-6-8-14(12)18-13/h5-9,11,15,18,20H,10H2,1-4H3,(H,19,21)/t11-,15+/m0/s1. The van der Waals surface area contributed by atoms with Gasteiger partial charge in [-0.1, -0.05) is 18.2 Å². The van der Waals surface area contributed by atoms with Crippen molar-refractivity contribution in [2.24, 2.45) is 0 Å². The highest BCUT2D eigenvalue weighted by atomic mass is 16.6. The van der Waals surface area contributed by atoms with Gasteiger partial charge in [0.25, 0.3) is 0 Å². The highest BCUT2D eigenvalue weighted by Crippen LogP contribution is 2.17. The van der Waals surface area contributed by atoms with Crippen LogP contribution in [0, 0.1) is 0 Å². The van der Waals surface area contributed by atoms with E-state index in [9.17, 15) is 9.90 Å². The Hall–Kier alpha value is -2.01. The third-order valence-corrected chi connectivity index (χ3v) is 3.31. The smallest absolute Gasteiger partial charge is 0.407 e. The molecule has 0 radical (unpaired) electrons. The van der Waals surface area contributed by atoms with Crippen LogP contribution in [-0.2, 0) is 11.2 Å². The van der Waals surface area contributed by atoms with Crippen molar-refractivity contribution in [1.29, 1.82) is 0 Å². The number of para-hydroxylation sites is 1. The minimum Gasteiger partial charge on any atom is -0.444 e. The molecule has 22 heavy (non-hydrogen) atoms. The monoisotopic (exact) mass is 304 g/mol. The maximum Gasteiger partial charge on any atom is 0.407 e. The molecule has 0 aliphatic carbocycles. The van der Waals surface area contributed by atoms with E-state index in [1.807, 2.05) is 51.1 Å². The second-order valence-electron chi connectivity index (χ2n) is 6.58. The number of carbonyl (C=O) groups excluding carboxylic acids is 1. The lowest BCUT2D eigenvalue weighted by Crippen LogP contribution is -2.45. The lowest BCUT2D eigenvalue weighted by atomic mass is 10.1. The van der Waals surface area contributed by atoms with Crippen LogP contribution in [0.2, 0.25) is 0 Å². The average molecular weight is 304 g/mol. The van der Waals surface area contributed by atoms with Gasteiger partial charge in [0.05, 0.1) is 12.1 Å². The van der Waals surface area contributed by atoms with Gasteiger partial charge >= 0.3 is 6.09 Å². The van der Waals surface area contributed by atoms with E-state index in [0.29, 0.717) is 6.42 Å². The first-order chi connectivity index (χ1) is 10.2. The molecule has 0 fully saturated rings. The summed E-state index contributed by atoms with van der Waals surface area (Å²) in [5, 5.41) is 13.8. The second kappa shape index (κ2) is 6.40. The number of rotatable bonds is 4. The summed E-state index contributed by atoms with van der Waals surface area (Å²) in [5.74, 6) is 0.